The maximum atomic E-state index is 5.21. The van der Waals surface area contributed by atoms with E-state index in [4.69, 9.17) is 9.47 Å². The van der Waals surface area contributed by atoms with Crippen LogP contribution in [0, 0.1) is 11.8 Å². The molecule has 0 atom stereocenters. The van der Waals surface area contributed by atoms with Crippen molar-refractivity contribution in [3.8, 4) is 0 Å². The molecule has 3 heteroatoms. The van der Waals surface area contributed by atoms with Crippen molar-refractivity contribution >= 4 is 0 Å². The van der Waals surface area contributed by atoms with Gasteiger partial charge in [-0.1, -0.05) is 26.3 Å². The molecular weight excluding hydrogens is 240 g/mol. The predicted octanol–water partition coefficient (Wildman–Crippen LogP) is 4.40. The van der Waals surface area contributed by atoms with E-state index in [0.717, 1.165) is 13.2 Å². The summed E-state index contributed by atoms with van der Waals surface area (Å²) < 4.78 is 14.8. The van der Waals surface area contributed by atoms with Gasteiger partial charge in [-0.2, -0.15) is 0 Å². The molecule has 1 aliphatic carbocycles. The van der Waals surface area contributed by atoms with Gasteiger partial charge >= 0.3 is 0 Å². The fourth-order valence-corrected chi connectivity index (χ4v) is 2.04. The average molecular weight is 266 g/mol. The summed E-state index contributed by atoms with van der Waals surface area (Å²) in [5, 5.41) is 0. The third-order valence-corrected chi connectivity index (χ3v) is 3.06. The maximum absolute atomic E-state index is 5.21. The van der Waals surface area contributed by atoms with Crippen LogP contribution in [0.4, 0.5) is 0 Å². The molecular formula is C16H26O3. The smallest absolute Gasteiger partial charge is 0.0901 e. The van der Waals surface area contributed by atoms with Crippen LogP contribution in [0.5, 0.6) is 0 Å². The largest absolute Gasteiger partial charge is 0.502 e. The van der Waals surface area contributed by atoms with Crippen molar-refractivity contribution in [1.29, 1.82) is 0 Å². The Bertz CT molecular complexity index is 227. The molecule has 0 amide bonds. The summed E-state index contributed by atoms with van der Waals surface area (Å²) in [5.74, 6) is 1.43. The number of rotatable bonds is 8. The summed E-state index contributed by atoms with van der Waals surface area (Å²) in [6, 6.07) is 0. The molecule has 1 rings (SSSR count). The lowest BCUT2D eigenvalue weighted by atomic mass is 9.83. The van der Waals surface area contributed by atoms with E-state index < -0.39 is 0 Å². The van der Waals surface area contributed by atoms with Gasteiger partial charge < -0.3 is 14.2 Å². The Morgan fingerprint density at radius 3 is 1.26 bits per heavy atom. The molecule has 0 aliphatic heterocycles. The minimum atomic E-state index is 0.716. The highest BCUT2D eigenvalue weighted by molar-refractivity contribution is 4.73. The third kappa shape index (κ3) is 10.0. The predicted molar refractivity (Wildman–Crippen MR) is 79.2 cm³/mol. The van der Waals surface area contributed by atoms with Crippen LogP contribution in [0.15, 0.2) is 51.4 Å². The van der Waals surface area contributed by atoms with Crippen molar-refractivity contribution in [2.45, 2.75) is 25.7 Å². The first-order chi connectivity index (χ1) is 9.28. The summed E-state index contributed by atoms with van der Waals surface area (Å²) in [5.41, 5.74) is 0. The zero-order valence-electron chi connectivity index (χ0n) is 11.8. The first-order valence-corrected chi connectivity index (χ1v) is 6.60. The van der Waals surface area contributed by atoms with Crippen molar-refractivity contribution in [3.63, 3.8) is 0 Å². The van der Waals surface area contributed by atoms with Crippen LogP contribution >= 0.6 is 0 Å². The SMILES string of the molecule is C=COC=C.C=COCC1CCC(COC=C)CC1. The molecule has 0 radical (unpaired) electrons. The molecule has 0 unspecified atom stereocenters. The third-order valence-electron chi connectivity index (χ3n) is 3.06. The minimum absolute atomic E-state index is 0.716. The second-order valence-corrected chi connectivity index (χ2v) is 4.36. The normalized spacial score (nSPS) is 21.1. The van der Waals surface area contributed by atoms with Crippen molar-refractivity contribution in [2.24, 2.45) is 11.8 Å². The topological polar surface area (TPSA) is 27.7 Å². The van der Waals surface area contributed by atoms with Gasteiger partial charge in [-0.05, 0) is 37.5 Å². The van der Waals surface area contributed by atoms with Crippen LogP contribution in [0.3, 0.4) is 0 Å². The first-order valence-electron chi connectivity index (χ1n) is 6.60. The molecule has 3 nitrogen and oxygen atoms in total. The highest BCUT2D eigenvalue weighted by atomic mass is 16.5. The van der Waals surface area contributed by atoms with Gasteiger partial charge in [-0.25, -0.2) is 0 Å². The van der Waals surface area contributed by atoms with Crippen molar-refractivity contribution in [2.75, 3.05) is 13.2 Å². The Balaban J connectivity index is 0.000000555. The lowest BCUT2D eigenvalue weighted by Crippen LogP contribution is -2.20. The second-order valence-electron chi connectivity index (χ2n) is 4.36. The van der Waals surface area contributed by atoms with Crippen molar-refractivity contribution < 1.29 is 14.2 Å². The van der Waals surface area contributed by atoms with E-state index >= 15 is 0 Å². The highest BCUT2D eigenvalue weighted by Crippen LogP contribution is 2.29. The Hall–Kier alpha value is -1.64. The average Bonchev–Trinajstić information content (AvgIpc) is 2.45. The minimum Gasteiger partial charge on any atom is -0.502 e. The van der Waals surface area contributed by atoms with E-state index in [1.165, 1.54) is 50.7 Å². The van der Waals surface area contributed by atoms with Crippen LogP contribution in [-0.4, -0.2) is 13.2 Å². The number of hydrogen-bond acceptors (Lipinski definition) is 3. The monoisotopic (exact) mass is 266 g/mol. The molecule has 0 heterocycles. The first kappa shape index (κ1) is 17.4. The Morgan fingerprint density at radius 1 is 0.684 bits per heavy atom. The van der Waals surface area contributed by atoms with E-state index in [-0.39, 0.29) is 0 Å². The zero-order chi connectivity index (χ0) is 14.3. The summed E-state index contributed by atoms with van der Waals surface area (Å²) >= 11 is 0. The molecule has 1 saturated carbocycles. The molecule has 0 spiro atoms. The Labute approximate surface area is 117 Å². The summed E-state index contributed by atoms with van der Waals surface area (Å²) in [6.45, 7) is 15.3. The maximum Gasteiger partial charge on any atom is 0.0901 e. The lowest BCUT2D eigenvalue weighted by molar-refractivity contribution is 0.114. The van der Waals surface area contributed by atoms with Crippen molar-refractivity contribution in [1.82, 2.24) is 0 Å². The van der Waals surface area contributed by atoms with E-state index in [0.29, 0.717) is 11.8 Å². The quantitative estimate of drug-likeness (QED) is 0.609. The van der Waals surface area contributed by atoms with E-state index in [1.807, 2.05) is 0 Å². The van der Waals surface area contributed by atoms with Gasteiger partial charge in [0.25, 0.3) is 0 Å². The summed E-state index contributed by atoms with van der Waals surface area (Å²) in [7, 11) is 0. The van der Waals surface area contributed by atoms with Crippen molar-refractivity contribution in [3.05, 3.63) is 51.4 Å². The number of ether oxygens (including phenoxy) is 3. The molecule has 0 bridgehead atoms. The summed E-state index contributed by atoms with van der Waals surface area (Å²) in [4.78, 5) is 0. The molecule has 0 saturated heterocycles. The van der Waals surface area contributed by atoms with Gasteiger partial charge in [0, 0.05) is 0 Å². The molecule has 0 aromatic heterocycles. The molecule has 108 valence electrons. The number of hydrogen-bond donors (Lipinski definition) is 0. The van der Waals surface area contributed by atoms with Crippen LogP contribution in [0.2, 0.25) is 0 Å². The van der Waals surface area contributed by atoms with Gasteiger partial charge in [-0.15, -0.1) is 0 Å². The van der Waals surface area contributed by atoms with Crippen LogP contribution in [0.1, 0.15) is 25.7 Å². The molecule has 0 aromatic rings. The second kappa shape index (κ2) is 12.8. The summed E-state index contributed by atoms with van der Waals surface area (Å²) in [6.07, 6.45) is 10.7. The lowest BCUT2D eigenvalue weighted by Gasteiger charge is -2.27. The molecule has 19 heavy (non-hydrogen) atoms. The van der Waals surface area contributed by atoms with E-state index in [2.05, 4.69) is 31.1 Å². The molecule has 0 N–H and O–H groups in total. The highest BCUT2D eigenvalue weighted by Gasteiger charge is 2.21. The van der Waals surface area contributed by atoms with Gasteiger partial charge in [0.15, 0.2) is 0 Å². The fourth-order valence-electron chi connectivity index (χ4n) is 2.04. The van der Waals surface area contributed by atoms with Gasteiger partial charge in [0.05, 0.1) is 38.3 Å². The molecule has 0 aromatic carbocycles. The van der Waals surface area contributed by atoms with Gasteiger partial charge in [-0.3, -0.25) is 0 Å². The molecule has 1 aliphatic rings. The zero-order valence-corrected chi connectivity index (χ0v) is 11.8. The van der Waals surface area contributed by atoms with Gasteiger partial charge in [0.1, 0.15) is 0 Å². The van der Waals surface area contributed by atoms with E-state index in [1.54, 1.807) is 0 Å². The Morgan fingerprint density at radius 2 is 1.05 bits per heavy atom. The standard InChI is InChI=1S/C12H20O2.C4H6O/c1-3-13-9-11-5-7-12(8-6-11)10-14-4-2;1-3-5-4-2/h3-4,11-12H,1-2,5-10H2;3-4H,1-2H2. The van der Waals surface area contributed by atoms with Crippen LogP contribution in [-0.2, 0) is 14.2 Å². The van der Waals surface area contributed by atoms with Crippen LogP contribution in [0.25, 0.3) is 0 Å². The fraction of sp³-hybridized carbons (Fsp3) is 0.500. The van der Waals surface area contributed by atoms with Crippen LogP contribution < -0.4 is 0 Å². The van der Waals surface area contributed by atoms with Gasteiger partial charge in [0.2, 0.25) is 0 Å². The molecule has 1 fully saturated rings. The van der Waals surface area contributed by atoms with E-state index in [9.17, 15) is 0 Å². The Kier molecular flexibility index (Phi) is 11.7.